The summed E-state index contributed by atoms with van der Waals surface area (Å²) in [6, 6.07) is 67.3. The van der Waals surface area contributed by atoms with Crippen molar-refractivity contribution in [2.24, 2.45) is 0 Å². The van der Waals surface area contributed by atoms with Gasteiger partial charge < -0.3 is 9.32 Å². The summed E-state index contributed by atoms with van der Waals surface area (Å²) in [5.74, 6) is 0. The molecule has 2 aromatic heterocycles. The van der Waals surface area contributed by atoms with E-state index in [0.29, 0.717) is 0 Å². The zero-order valence-corrected chi connectivity index (χ0v) is 28.5. The SMILES string of the molecule is c1ccc(-c2ccc(N(c3cc(-c4ccccc4)cc4sc5ccccc5c34)c3ccc(-c4ccccc4)c4oc5ccccc5c34)cc2)cc1. The van der Waals surface area contributed by atoms with Gasteiger partial charge in [0.2, 0.25) is 0 Å². The van der Waals surface area contributed by atoms with Gasteiger partial charge in [-0.25, -0.2) is 0 Å². The summed E-state index contributed by atoms with van der Waals surface area (Å²) in [5, 5.41) is 4.69. The van der Waals surface area contributed by atoms with Crippen molar-refractivity contribution < 1.29 is 4.42 Å². The van der Waals surface area contributed by atoms with Crippen molar-refractivity contribution in [3.05, 3.63) is 188 Å². The third-order valence-electron chi connectivity index (χ3n) is 9.87. The minimum absolute atomic E-state index is 0.876. The van der Waals surface area contributed by atoms with E-state index in [1.165, 1.54) is 42.4 Å². The second-order valence-electron chi connectivity index (χ2n) is 12.9. The van der Waals surface area contributed by atoms with Crippen LogP contribution >= 0.6 is 11.3 Å². The summed E-state index contributed by atoms with van der Waals surface area (Å²) < 4.78 is 9.32. The molecule has 240 valence electrons. The van der Waals surface area contributed by atoms with E-state index in [1.54, 1.807) is 0 Å². The van der Waals surface area contributed by atoms with Crippen LogP contribution < -0.4 is 4.90 Å². The molecular formula is C48H31NOS. The number of nitrogens with zero attached hydrogens (tertiary/aromatic N) is 1. The smallest absolute Gasteiger partial charge is 0.145 e. The number of hydrogen-bond donors (Lipinski definition) is 0. The molecule has 0 atom stereocenters. The number of para-hydroxylation sites is 1. The van der Waals surface area contributed by atoms with Crippen LogP contribution in [0.5, 0.6) is 0 Å². The molecule has 0 aliphatic heterocycles. The van der Waals surface area contributed by atoms with Gasteiger partial charge in [-0.3, -0.25) is 0 Å². The minimum Gasteiger partial charge on any atom is -0.455 e. The highest BCUT2D eigenvalue weighted by molar-refractivity contribution is 7.26. The third-order valence-corrected chi connectivity index (χ3v) is 11.0. The van der Waals surface area contributed by atoms with Crippen LogP contribution in [0.3, 0.4) is 0 Å². The number of rotatable bonds is 6. The van der Waals surface area contributed by atoms with E-state index < -0.39 is 0 Å². The first-order valence-electron chi connectivity index (χ1n) is 17.3. The molecule has 0 saturated heterocycles. The topological polar surface area (TPSA) is 16.4 Å². The Kier molecular flexibility index (Phi) is 7.04. The van der Waals surface area contributed by atoms with Crippen LogP contribution in [0.1, 0.15) is 0 Å². The normalized spacial score (nSPS) is 11.5. The monoisotopic (exact) mass is 669 g/mol. The maximum atomic E-state index is 6.79. The Morgan fingerprint density at radius 1 is 0.392 bits per heavy atom. The third kappa shape index (κ3) is 5.01. The predicted molar refractivity (Wildman–Crippen MR) is 218 cm³/mol. The summed E-state index contributed by atoms with van der Waals surface area (Å²) in [4.78, 5) is 2.46. The maximum absolute atomic E-state index is 6.79. The van der Waals surface area contributed by atoms with Crippen molar-refractivity contribution in [3.8, 4) is 33.4 Å². The van der Waals surface area contributed by atoms with Crippen LogP contribution in [0, 0.1) is 0 Å². The molecule has 0 amide bonds. The lowest BCUT2D eigenvalue weighted by Crippen LogP contribution is -2.11. The lowest BCUT2D eigenvalue weighted by molar-refractivity contribution is 0.670. The first-order valence-corrected chi connectivity index (χ1v) is 18.1. The predicted octanol–water partition coefficient (Wildman–Crippen LogP) is 14.4. The van der Waals surface area contributed by atoms with Crippen molar-refractivity contribution in [1.82, 2.24) is 0 Å². The van der Waals surface area contributed by atoms with Crippen LogP contribution in [-0.2, 0) is 0 Å². The second-order valence-corrected chi connectivity index (χ2v) is 14.0. The highest BCUT2D eigenvalue weighted by atomic mass is 32.1. The Bertz CT molecular complexity index is 2840. The van der Waals surface area contributed by atoms with Crippen molar-refractivity contribution in [2.45, 2.75) is 0 Å². The molecule has 2 heterocycles. The van der Waals surface area contributed by atoms with Gasteiger partial charge in [-0.05, 0) is 76.3 Å². The van der Waals surface area contributed by atoms with Gasteiger partial charge in [0.1, 0.15) is 11.2 Å². The average Bonchev–Trinajstić information content (AvgIpc) is 3.79. The fourth-order valence-corrected chi connectivity index (χ4v) is 8.66. The van der Waals surface area contributed by atoms with Gasteiger partial charge in [0.25, 0.3) is 0 Å². The molecule has 3 heteroatoms. The standard InChI is InChI=1S/C48H31NOS/c1-4-14-32(15-5-1)34-24-26-37(27-25-34)49(41-29-28-38(35-18-8-3-9-19-35)48-47(41)39-20-10-12-22-43(39)50-48)42-30-36(33-16-6-2-7-17-33)31-45-46(42)40-21-11-13-23-44(40)51-45/h1-31H. The summed E-state index contributed by atoms with van der Waals surface area (Å²) in [6.45, 7) is 0. The van der Waals surface area contributed by atoms with Crippen molar-refractivity contribution in [1.29, 1.82) is 0 Å². The van der Waals surface area contributed by atoms with Gasteiger partial charge in [0.05, 0.1) is 16.8 Å². The lowest BCUT2D eigenvalue weighted by Gasteiger charge is -2.28. The van der Waals surface area contributed by atoms with E-state index in [9.17, 15) is 0 Å². The Morgan fingerprint density at radius 3 is 1.71 bits per heavy atom. The summed E-state index contributed by atoms with van der Waals surface area (Å²) in [7, 11) is 0. The second kappa shape index (κ2) is 12.2. The number of furan rings is 1. The van der Waals surface area contributed by atoms with E-state index in [4.69, 9.17) is 4.42 Å². The molecule has 0 bridgehead atoms. The van der Waals surface area contributed by atoms with Gasteiger partial charge in [-0.1, -0.05) is 140 Å². The zero-order chi connectivity index (χ0) is 33.7. The van der Waals surface area contributed by atoms with E-state index in [2.05, 4.69) is 193 Å². The van der Waals surface area contributed by atoms with E-state index in [-0.39, 0.29) is 0 Å². The molecule has 0 radical (unpaired) electrons. The molecule has 0 saturated carbocycles. The van der Waals surface area contributed by atoms with Gasteiger partial charge >= 0.3 is 0 Å². The molecule has 51 heavy (non-hydrogen) atoms. The molecular weight excluding hydrogens is 639 g/mol. The van der Waals surface area contributed by atoms with Crippen LogP contribution in [0.25, 0.3) is 75.5 Å². The summed E-state index contributed by atoms with van der Waals surface area (Å²) in [5.41, 5.74) is 12.0. The Labute approximate surface area is 300 Å². The molecule has 0 spiro atoms. The highest BCUT2D eigenvalue weighted by Gasteiger charge is 2.25. The molecule has 0 aliphatic rings. The minimum atomic E-state index is 0.876. The molecule has 10 rings (SSSR count). The molecule has 0 N–H and O–H groups in total. The molecule has 2 nitrogen and oxygen atoms in total. The lowest BCUT2D eigenvalue weighted by atomic mass is 9.97. The van der Waals surface area contributed by atoms with Gasteiger partial charge in [0, 0.05) is 36.8 Å². The summed E-state index contributed by atoms with van der Waals surface area (Å²) >= 11 is 1.85. The molecule has 8 aromatic carbocycles. The van der Waals surface area contributed by atoms with Crippen molar-refractivity contribution in [2.75, 3.05) is 4.90 Å². The van der Waals surface area contributed by atoms with Gasteiger partial charge in [-0.2, -0.15) is 0 Å². The average molecular weight is 670 g/mol. The Balaban J connectivity index is 1.32. The quantitative estimate of drug-likeness (QED) is 0.175. The van der Waals surface area contributed by atoms with Crippen LogP contribution in [-0.4, -0.2) is 0 Å². The molecule has 0 unspecified atom stereocenters. The van der Waals surface area contributed by atoms with Crippen molar-refractivity contribution in [3.63, 3.8) is 0 Å². The van der Waals surface area contributed by atoms with Gasteiger partial charge in [0.15, 0.2) is 0 Å². The van der Waals surface area contributed by atoms with Crippen LogP contribution in [0.15, 0.2) is 192 Å². The number of benzene rings is 8. The Morgan fingerprint density at radius 2 is 0.980 bits per heavy atom. The first kappa shape index (κ1) is 29.5. The van der Waals surface area contributed by atoms with Crippen LogP contribution in [0.4, 0.5) is 17.1 Å². The zero-order valence-electron chi connectivity index (χ0n) is 27.7. The number of hydrogen-bond acceptors (Lipinski definition) is 3. The summed E-state index contributed by atoms with van der Waals surface area (Å²) in [6.07, 6.45) is 0. The Hall–Kier alpha value is -6.42. The largest absolute Gasteiger partial charge is 0.455 e. The van der Waals surface area contributed by atoms with E-state index in [1.807, 2.05) is 11.3 Å². The van der Waals surface area contributed by atoms with E-state index in [0.717, 1.165) is 50.1 Å². The fraction of sp³-hybridized carbons (Fsp3) is 0. The van der Waals surface area contributed by atoms with Gasteiger partial charge in [-0.15, -0.1) is 11.3 Å². The number of thiophene rings is 1. The maximum Gasteiger partial charge on any atom is 0.145 e. The molecule has 10 aromatic rings. The number of fused-ring (bicyclic) bond motifs is 6. The number of anilines is 3. The molecule has 0 aliphatic carbocycles. The van der Waals surface area contributed by atoms with Crippen molar-refractivity contribution >= 4 is 70.5 Å². The fourth-order valence-electron chi connectivity index (χ4n) is 7.49. The first-order chi connectivity index (χ1) is 25.3. The molecule has 0 fully saturated rings. The highest BCUT2D eigenvalue weighted by Crippen LogP contribution is 2.51. The van der Waals surface area contributed by atoms with Crippen LogP contribution in [0.2, 0.25) is 0 Å². The van der Waals surface area contributed by atoms with E-state index >= 15 is 0 Å².